The van der Waals surface area contributed by atoms with Crippen LogP contribution >= 0.6 is 0 Å². The number of hydrogen-bond donors (Lipinski definition) is 3. The average molecular weight is 397 g/mol. The maximum absolute atomic E-state index is 12.3. The summed E-state index contributed by atoms with van der Waals surface area (Å²) in [5.41, 5.74) is 1.71. The van der Waals surface area contributed by atoms with Crippen molar-refractivity contribution in [3.63, 3.8) is 0 Å². The second-order valence-electron chi connectivity index (χ2n) is 6.98. The van der Waals surface area contributed by atoms with E-state index >= 15 is 0 Å². The van der Waals surface area contributed by atoms with Gasteiger partial charge in [-0.25, -0.2) is 18.1 Å². The highest BCUT2D eigenvalue weighted by Gasteiger charge is 2.15. The second kappa shape index (κ2) is 12.7. The molecule has 3 N–H and O–H groups in total. The standard InChI is InChI=1S/C20H36N4O2S/c1-5-7-8-11-14-22-20(21-6-2)23-15-18-12-9-10-13-19(18)16-27(25,26)24-17(3)4/h9-10,12-13,17,24H,5-8,11,14-16H2,1-4H3,(H2,21,22,23). The molecule has 0 aliphatic heterocycles. The average Bonchev–Trinajstić information content (AvgIpc) is 2.59. The van der Waals surface area contributed by atoms with Crippen LogP contribution in [0.3, 0.4) is 0 Å². The number of guanidine groups is 1. The highest BCUT2D eigenvalue weighted by atomic mass is 32.2. The fraction of sp³-hybridized carbons (Fsp3) is 0.650. The normalized spacial score (nSPS) is 12.4. The monoisotopic (exact) mass is 396 g/mol. The third kappa shape index (κ3) is 10.3. The summed E-state index contributed by atoms with van der Waals surface area (Å²) in [7, 11) is -3.36. The van der Waals surface area contributed by atoms with Gasteiger partial charge in [0.2, 0.25) is 10.0 Å². The van der Waals surface area contributed by atoms with E-state index in [1.807, 2.05) is 45.0 Å². The van der Waals surface area contributed by atoms with Crippen LogP contribution in [0.5, 0.6) is 0 Å². The van der Waals surface area contributed by atoms with E-state index in [9.17, 15) is 8.42 Å². The van der Waals surface area contributed by atoms with Crippen molar-refractivity contribution >= 4 is 16.0 Å². The van der Waals surface area contributed by atoms with Gasteiger partial charge in [0.15, 0.2) is 5.96 Å². The molecule has 0 amide bonds. The largest absolute Gasteiger partial charge is 0.357 e. The number of nitrogens with one attached hydrogen (secondary N) is 3. The third-order valence-corrected chi connectivity index (χ3v) is 5.48. The smallest absolute Gasteiger partial charge is 0.216 e. The first-order chi connectivity index (χ1) is 12.9. The fourth-order valence-corrected chi connectivity index (χ4v) is 4.22. The van der Waals surface area contributed by atoms with E-state index in [4.69, 9.17) is 0 Å². The lowest BCUT2D eigenvalue weighted by atomic mass is 10.1. The van der Waals surface area contributed by atoms with Crippen LogP contribution in [-0.4, -0.2) is 33.5 Å². The Balaban J connectivity index is 2.76. The lowest BCUT2D eigenvalue weighted by molar-refractivity contribution is 0.569. The molecule has 1 aromatic rings. The van der Waals surface area contributed by atoms with Crippen molar-refractivity contribution in [3.8, 4) is 0 Å². The number of aliphatic imine (C=N–C) groups is 1. The van der Waals surface area contributed by atoms with E-state index in [1.54, 1.807) is 0 Å². The summed E-state index contributed by atoms with van der Waals surface area (Å²) in [6.45, 7) is 10.00. The zero-order chi connectivity index (χ0) is 20.1. The van der Waals surface area contributed by atoms with Crippen molar-refractivity contribution in [2.45, 2.75) is 71.7 Å². The SMILES string of the molecule is CCCCCCNC(=NCc1ccccc1CS(=O)(=O)NC(C)C)NCC. The van der Waals surface area contributed by atoms with Gasteiger partial charge in [0.25, 0.3) is 0 Å². The van der Waals surface area contributed by atoms with Gasteiger partial charge < -0.3 is 10.6 Å². The van der Waals surface area contributed by atoms with Crippen molar-refractivity contribution in [2.24, 2.45) is 4.99 Å². The van der Waals surface area contributed by atoms with Gasteiger partial charge in [-0.05, 0) is 38.3 Å². The molecule has 0 spiro atoms. The molecular formula is C20H36N4O2S. The van der Waals surface area contributed by atoms with E-state index in [1.165, 1.54) is 19.3 Å². The second-order valence-corrected chi connectivity index (χ2v) is 8.74. The van der Waals surface area contributed by atoms with E-state index in [2.05, 4.69) is 27.3 Å². The number of nitrogens with zero attached hydrogens (tertiary/aromatic N) is 1. The number of hydrogen-bond acceptors (Lipinski definition) is 3. The summed E-state index contributed by atoms with van der Waals surface area (Å²) in [5, 5.41) is 6.60. The Labute approximate surface area is 165 Å². The molecule has 27 heavy (non-hydrogen) atoms. The van der Waals surface area contributed by atoms with Crippen LogP contribution in [0.4, 0.5) is 0 Å². The predicted octanol–water partition coefficient (Wildman–Crippen LogP) is 3.15. The molecule has 154 valence electrons. The van der Waals surface area contributed by atoms with Crippen LogP contribution < -0.4 is 15.4 Å². The summed E-state index contributed by atoms with van der Waals surface area (Å²) in [5.74, 6) is 0.740. The maximum Gasteiger partial charge on any atom is 0.216 e. The van der Waals surface area contributed by atoms with Crippen LogP contribution in [0.15, 0.2) is 29.3 Å². The minimum atomic E-state index is -3.36. The molecule has 6 nitrogen and oxygen atoms in total. The molecule has 0 fully saturated rings. The lowest BCUT2D eigenvalue weighted by Gasteiger charge is -2.13. The van der Waals surface area contributed by atoms with Gasteiger partial charge >= 0.3 is 0 Å². The van der Waals surface area contributed by atoms with Crippen molar-refractivity contribution < 1.29 is 8.42 Å². The molecule has 0 unspecified atom stereocenters. The highest BCUT2D eigenvalue weighted by molar-refractivity contribution is 7.88. The first-order valence-corrected chi connectivity index (χ1v) is 11.6. The molecule has 0 aliphatic carbocycles. The van der Waals surface area contributed by atoms with Crippen molar-refractivity contribution in [2.75, 3.05) is 13.1 Å². The minimum absolute atomic E-state index is 0.0299. The zero-order valence-corrected chi connectivity index (χ0v) is 18.0. The minimum Gasteiger partial charge on any atom is -0.357 e. The van der Waals surface area contributed by atoms with E-state index < -0.39 is 10.0 Å². The summed E-state index contributed by atoms with van der Waals surface area (Å²) in [6.07, 6.45) is 4.81. The first-order valence-electron chi connectivity index (χ1n) is 9.97. The van der Waals surface area contributed by atoms with E-state index in [0.29, 0.717) is 6.54 Å². The van der Waals surface area contributed by atoms with E-state index in [0.717, 1.165) is 36.6 Å². The Bertz CT molecular complexity index is 672. The van der Waals surface area contributed by atoms with Gasteiger partial charge in [0, 0.05) is 19.1 Å². The third-order valence-electron chi connectivity index (χ3n) is 3.95. The molecular weight excluding hydrogens is 360 g/mol. The van der Waals surface area contributed by atoms with Gasteiger partial charge in [-0.3, -0.25) is 0 Å². The molecule has 0 radical (unpaired) electrons. The van der Waals surface area contributed by atoms with Gasteiger partial charge in [-0.1, -0.05) is 50.5 Å². The summed E-state index contributed by atoms with van der Waals surface area (Å²) in [6, 6.07) is 7.47. The molecule has 1 aromatic carbocycles. The van der Waals surface area contributed by atoms with Crippen LogP contribution in [-0.2, 0) is 22.3 Å². The molecule has 0 aromatic heterocycles. The zero-order valence-electron chi connectivity index (χ0n) is 17.2. The summed E-state index contributed by atoms with van der Waals surface area (Å²) < 4.78 is 27.2. The Hall–Kier alpha value is -1.60. The molecule has 0 bridgehead atoms. The molecule has 0 aliphatic rings. The Morgan fingerprint density at radius 2 is 1.74 bits per heavy atom. The maximum atomic E-state index is 12.3. The topological polar surface area (TPSA) is 82.6 Å². The Kier molecular flexibility index (Phi) is 11.0. The molecule has 7 heteroatoms. The van der Waals surface area contributed by atoms with Crippen molar-refractivity contribution in [3.05, 3.63) is 35.4 Å². The Morgan fingerprint density at radius 3 is 2.37 bits per heavy atom. The molecule has 0 atom stereocenters. The van der Waals surface area contributed by atoms with Gasteiger partial charge in [0.05, 0.1) is 12.3 Å². The Morgan fingerprint density at radius 1 is 1.04 bits per heavy atom. The van der Waals surface area contributed by atoms with Gasteiger partial charge in [0.1, 0.15) is 0 Å². The van der Waals surface area contributed by atoms with E-state index in [-0.39, 0.29) is 11.8 Å². The van der Waals surface area contributed by atoms with Crippen LogP contribution in [0.1, 0.15) is 64.5 Å². The highest BCUT2D eigenvalue weighted by Crippen LogP contribution is 2.13. The summed E-state index contributed by atoms with van der Waals surface area (Å²) >= 11 is 0. The summed E-state index contributed by atoms with van der Waals surface area (Å²) in [4.78, 5) is 4.63. The number of rotatable bonds is 12. The first kappa shape index (κ1) is 23.4. The van der Waals surface area contributed by atoms with Crippen molar-refractivity contribution in [1.82, 2.24) is 15.4 Å². The van der Waals surface area contributed by atoms with Gasteiger partial charge in [-0.15, -0.1) is 0 Å². The quantitative estimate of drug-likeness (QED) is 0.288. The fourth-order valence-electron chi connectivity index (χ4n) is 2.72. The number of sulfonamides is 1. The number of unbranched alkanes of at least 4 members (excludes halogenated alkanes) is 3. The van der Waals surface area contributed by atoms with Crippen LogP contribution in [0, 0.1) is 0 Å². The molecule has 0 saturated carbocycles. The van der Waals surface area contributed by atoms with Crippen molar-refractivity contribution in [1.29, 1.82) is 0 Å². The van der Waals surface area contributed by atoms with Crippen LogP contribution in [0.2, 0.25) is 0 Å². The predicted molar refractivity (Wildman–Crippen MR) is 114 cm³/mol. The molecule has 1 rings (SSSR count). The molecule has 0 saturated heterocycles. The van der Waals surface area contributed by atoms with Gasteiger partial charge in [-0.2, -0.15) is 0 Å². The molecule has 0 heterocycles. The lowest BCUT2D eigenvalue weighted by Crippen LogP contribution is -2.37. The van der Waals surface area contributed by atoms with Crippen LogP contribution in [0.25, 0.3) is 0 Å². The number of benzene rings is 1.